The van der Waals surface area contributed by atoms with Crippen LogP contribution in [-0.2, 0) is 16.0 Å². The molecule has 0 N–H and O–H groups in total. The molecule has 0 heterocycles. The Morgan fingerprint density at radius 2 is 1.74 bits per heavy atom. The summed E-state index contributed by atoms with van der Waals surface area (Å²) in [5.41, 5.74) is 3.90. The lowest BCUT2D eigenvalue weighted by Gasteiger charge is -2.16. The van der Waals surface area contributed by atoms with E-state index in [9.17, 15) is 9.59 Å². The van der Waals surface area contributed by atoms with E-state index >= 15 is 0 Å². The minimum atomic E-state index is 0.232. The average molecular weight is 258 g/mol. The summed E-state index contributed by atoms with van der Waals surface area (Å²) in [6.45, 7) is 8.00. The Morgan fingerprint density at radius 1 is 1.16 bits per heavy atom. The lowest BCUT2D eigenvalue weighted by molar-refractivity contribution is 0.564. The van der Waals surface area contributed by atoms with Gasteiger partial charge in [0, 0.05) is 5.56 Å². The molecule has 0 saturated carbocycles. The maximum Gasteiger partial charge on any atom is 0.240 e. The van der Waals surface area contributed by atoms with Crippen LogP contribution >= 0.6 is 0 Å². The van der Waals surface area contributed by atoms with Crippen molar-refractivity contribution >= 4 is 23.5 Å². The molecule has 0 fully saturated rings. The summed E-state index contributed by atoms with van der Waals surface area (Å²) in [6.07, 6.45) is 4.77. The molecule has 1 aromatic carbocycles. The van der Waals surface area contributed by atoms with Gasteiger partial charge < -0.3 is 0 Å². The number of carbonyl (C=O) groups excluding carboxylic acids is 2. The van der Waals surface area contributed by atoms with Crippen molar-refractivity contribution in [2.45, 2.75) is 46.5 Å². The molecule has 0 aromatic heterocycles. The van der Waals surface area contributed by atoms with Crippen LogP contribution < -0.4 is 0 Å². The van der Waals surface area contributed by atoms with Gasteiger partial charge in [0.2, 0.25) is 12.2 Å². The van der Waals surface area contributed by atoms with Crippen LogP contribution in [0.25, 0.3) is 0 Å². The average Bonchev–Trinajstić information content (AvgIpc) is 2.36. The first-order valence-electron chi connectivity index (χ1n) is 6.38. The predicted molar refractivity (Wildman–Crippen MR) is 74.8 cm³/mol. The second kappa shape index (κ2) is 6.79. The molecule has 0 amide bonds. The van der Waals surface area contributed by atoms with Crippen LogP contribution in [-0.4, -0.2) is 12.2 Å². The highest BCUT2D eigenvalue weighted by Crippen LogP contribution is 2.39. The van der Waals surface area contributed by atoms with E-state index in [1.165, 1.54) is 0 Å². The monoisotopic (exact) mass is 258 g/mol. The molecule has 0 saturated heterocycles. The topological polar surface area (TPSA) is 58.9 Å². The molecule has 0 unspecified atom stereocenters. The van der Waals surface area contributed by atoms with Crippen molar-refractivity contribution in [3.63, 3.8) is 0 Å². The number of aryl methyl sites for hydroxylation is 1. The maximum absolute atomic E-state index is 10.7. The minimum absolute atomic E-state index is 0.232. The van der Waals surface area contributed by atoms with Crippen LogP contribution in [0.2, 0.25) is 0 Å². The van der Waals surface area contributed by atoms with E-state index in [2.05, 4.69) is 9.98 Å². The summed E-state index contributed by atoms with van der Waals surface area (Å²) < 4.78 is 0. The summed E-state index contributed by atoms with van der Waals surface area (Å²) in [7, 11) is 0. The molecule has 19 heavy (non-hydrogen) atoms. The molecule has 0 aliphatic heterocycles. The zero-order valence-electron chi connectivity index (χ0n) is 11.8. The van der Waals surface area contributed by atoms with Crippen LogP contribution in [0.3, 0.4) is 0 Å². The van der Waals surface area contributed by atoms with E-state index in [-0.39, 0.29) is 5.92 Å². The summed E-state index contributed by atoms with van der Waals surface area (Å²) in [5, 5.41) is 0. The number of nitrogens with zero attached hydrogens (tertiary/aromatic N) is 2. The molecule has 100 valence electrons. The summed E-state index contributed by atoms with van der Waals surface area (Å²) >= 11 is 0. The smallest absolute Gasteiger partial charge is 0.211 e. The summed E-state index contributed by atoms with van der Waals surface area (Å²) in [6, 6.07) is 1.93. The van der Waals surface area contributed by atoms with Gasteiger partial charge in [0.25, 0.3) is 0 Å². The van der Waals surface area contributed by atoms with Crippen molar-refractivity contribution < 1.29 is 9.59 Å². The van der Waals surface area contributed by atoms with Crippen molar-refractivity contribution in [1.82, 2.24) is 0 Å². The zero-order chi connectivity index (χ0) is 14.4. The van der Waals surface area contributed by atoms with E-state index in [1.807, 2.05) is 33.8 Å². The fourth-order valence-electron chi connectivity index (χ4n) is 2.20. The van der Waals surface area contributed by atoms with Crippen LogP contribution in [0.4, 0.5) is 11.4 Å². The Labute approximate surface area is 113 Å². The number of hydrogen-bond donors (Lipinski definition) is 0. The molecule has 0 aliphatic rings. The third-order valence-electron chi connectivity index (χ3n) is 3.03. The lowest BCUT2D eigenvalue weighted by Crippen LogP contribution is -1.97. The van der Waals surface area contributed by atoms with Gasteiger partial charge in [0.1, 0.15) is 0 Å². The van der Waals surface area contributed by atoms with Crippen LogP contribution in [0, 0.1) is 6.92 Å². The van der Waals surface area contributed by atoms with Gasteiger partial charge in [0.15, 0.2) is 0 Å². The fraction of sp³-hybridized carbons (Fsp3) is 0.467. The van der Waals surface area contributed by atoms with Gasteiger partial charge in [-0.25, -0.2) is 9.59 Å². The predicted octanol–water partition coefficient (Wildman–Crippen LogP) is 4.01. The number of benzene rings is 1. The summed E-state index contributed by atoms with van der Waals surface area (Å²) in [4.78, 5) is 28.8. The van der Waals surface area contributed by atoms with Crippen molar-refractivity contribution in [2.75, 3.05) is 0 Å². The highest BCUT2D eigenvalue weighted by molar-refractivity contribution is 5.72. The Balaban J connectivity index is 3.73. The van der Waals surface area contributed by atoms with Crippen molar-refractivity contribution in [2.24, 2.45) is 9.98 Å². The Hall–Kier alpha value is -2.02. The highest BCUT2D eigenvalue weighted by Gasteiger charge is 2.17. The standard InChI is InChI=1S/C15H18N2O2/c1-5-6-12-14(16-8-18)11(4)7-13(10(2)3)15(12)17-9-19/h7,10H,5-6H2,1-4H3. The van der Waals surface area contributed by atoms with Crippen LogP contribution in [0.15, 0.2) is 16.1 Å². The second-order valence-electron chi connectivity index (χ2n) is 4.77. The van der Waals surface area contributed by atoms with Crippen molar-refractivity contribution in [1.29, 1.82) is 0 Å². The van der Waals surface area contributed by atoms with E-state index in [4.69, 9.17) is 0 Å². The Morgan fingerprint density at radius 3 is 2.21 bits per heavy atom. The summed E-state index contributed by atoms with van der Waals surface area (Å²) in [5.74, 6) is 0.232. The van der Waals surface area contributed by atoms with Crippen molar-refractivity contribution in [3.8, 4) is 0 Å². The van der Waals surface area contributed by atoms with Crippen LogP contribution in [0.1, 0.15) is 49.8 Å². The second-order valence-corrected chi connectivity index (χ2v) is 4.77. The molecule has 0 bridgehead atoms. The number of aliphatic imine (C=N–C) groups is 2. The number of isocyanates is 2. The molecular formula is C15H18N2O2. The zero-order valence-corrected chi connectivity index (χ0v) is 11.8. The molecule has 4 nitrogen and oxygen atoms in total. The van der Waals surface area contributed by atoms with Gasteiger partial charge in [-0.1, -0.05) is 33.3 Å². The largest absolute Gasteiger partial charge is 0.240 e. The Bertz CT molecular complexity index is 564. The van der Waals surface area contributed by atoms with E-state index in [0.29, 0.717) is 17.8 Å². The van der Waals surface area contributed by atoms with Gasteiger partial charge in [-0.05, 0) is 30.4 Å². The SMILES string of the molecule is CCCc1c(N=C=O)c(C)cc(C(C)C)c1N=C=O. The molecule has 0 spiro atoms. The van der Waals surface area contributed by atoms with E-state index < -0.39 is 0 Å². The van der Waals surface area contributed by atoms with Gasteiger partial charge in [-0.15, -0.1) is 0 Å². The number of rotatable bonds is 5. The quantitative estimate of drug-likeness (QED) is 0.592. The molecule has 0 atom stereocenters. The molecule has 1 aromatic rings. The first-order valence-corrected chi connectivity index (χ1v) is 6.38. The van der Waals surface area contributed by atoms with Crippen molar-refractivity contribution in [3.05, 3.63) is 22.8 Å². The van der Waals surface area contributed by atoms with Gasteiger partial charge in [0.05, 0.1) is 11.4 Å². The molecule has 1 rings (SSSR count). The molecule has 0 aliphatic carbocycles. The van der Waals surface area contributed by atoms with Gasteiger partial charge >= 0.3 is 0 Å². The first kappa shape index (κ1) is 15.0. The number of hydrogen-bond acceptors (Lipinski definition) is 4. The van der Waals surface area contributed by atoms with Gasteiger partial charge in [-0.2, -0.15) is 9.98 Å². The highest BCUT2D eigenvalue weighted by atomic mass is 16.1. The third kappa shape index (κ3) is 3.25. The maximum atomic E-state index is 10.7. The van der Waals surface area contributed by atoms with E-state index in [1.54, 1.807) is 12.2 Å². The Kier molecular flexibility index (Phi) is 5.37. The normalized spacial score (nSPS) is 9.95. The van der Waals surface area contributed by atoms with Crippen LogP contribution in [0.5, 0.6) is 0 Å². The third-order valence-corrected chi connectivity index (χ3v) is 3.03. The van der Waals surface area contributed by atoms with Gasteiger partial charge in [-0.3, -0.25) is 0 Å². The minimum Gasteiger partial charge on any atom is -0.211 e. The first-order chi connectivity index (χ1) is 9.06. The van der Waals surface area contributed by atoms with E-state index in [0.717, 1.165) is 23.1 Å². The molecular weight excluding hydrogens is 240 g/mol. The molecule has 4 heteroatoms. The molecule has 0 radical (unpaired) electrons. The lowest BCUT2D eigenvalue weighted by atomic mass is 9.92. The fourth-order valence-corrected chi connectivity index (χ4v) is 2.20.